The number of carbonyl (C=O) groups is 1. The average molecular weight is 288 g/mol. The highest BCUT2D eigenvalue weighted by Crippen LogP contribution is 2.32. The van der Waals surface area contributed by atoms with Crippen LogP contribution in [0.25, 0.3) is 0 Å². The molecule has 0 bridgehead atoms. The van der Waals surface area contributed by atoms with Crippen LogP contribution in [0.2, 0.25) is 0 Å². The van der Waals surface area contributed by atoms with Crippen LogP contribution in [0, 0.1) is 0 Å². The lowest BCUT2D eigenvalue weighted by molar-refractivity contribution is -0.118. The molecule has 1 aromatic carbocycles. The number of rotatable bonds is 4. The Kier molecular flexibility index (Phi) is 4.27. The summed E-state index contributed by atoms with van der Waals surface area (Å²) in [5.41, 5.74) is 3.61. The van der Waals surface area contributed by atoms with E-state index in [1.165, 1.54) is 11.1 Å². The Balaban J connectivity index is 1.89. The summed E-state index contributed by atoms with van der Waals surface area (Å²) in [7, 11) is 1.86. The third-order valence-electron chi connectivity index (χ3n) is 4.57. The fraction of sp³-hybridized carbons (Fsp3) is 0.588. The largest absolute Gasteiger partial charge is 0.376 e. The predicted octanol–water partition coefficient (Wildman–Crippen LogP) is 2.43. The minimum absolute atomic E-state index is 0.206. The molecule has 2 aliphatic heterocycles. The maximum absolute atomic E-state index is 11.8. The van der Waals surface area contributed by atoms with Gasteiger partial charge in [-0.05, 0) is 43.0 Å². The summed E-state index contributed by atoms with van der Waals surface area (Å²) >= 11 is 0. The van der Waals surface area contributed by atoms with E-state index in [-0.39, 0.29) is 18.1 Å². The number of benzene rings is 1. The molecule has 1 fully saturated rings. The van der Waals surface area contributed by atoms with Gasteiger partial charge in [0.1, 0.15) is 0 Å². The number of hydrogen-bond acceptors (Lipinski definition) is 3. The van der Waals surface area contributed by atoms with Gasteiger partial charge in [-0.2, -0.15) is 0 Å². The Labute approximate surface area is 126 Å². The summed E-state index contributed by atoms with van der Waals surface area (Å²) in [4.78, 5) is 13.6. The van der Waals surface area contributed by atoms with Crippen molar-refractivity contribution >= 4 is 11.6 Å². The average Bonchev–Trinajstić information content (AvgIpc) is 3.02. The van der Waals surface area contributed by atoms with Crippen molar-refractivity contribution in [3.05, 3.63) is 29.3 Å². The highest BCUT2D eigenvalue weighted by Gasteiger charge is 2.28. The molecule has 2 unspecified atom stereocenters. The maximum atomic E-state index is 11.8. The van der Waals surface area contributed by atoms with Gasteiger partial charge in [-0.1, -0.05) is 19.1 Å². The molecule has 0 saturated carbocycles. The number of fused-ring (bicyclic) bond motifs is 1. The Hall–Kier alpha value is -1.39. The molecule has 0 aliphatic carbocycles. The summed E-state index contributed by atoms with van der Waals surface area (Å²) in [5, 5.41) is 3.56. The van der Waals surface area contributed by atoms with E-state index in [1.54, 1.807) is 4.90 Å². The van der Waals surface area contributed by atoms with Crippen LogP contribution in [-0.2, 0) is 16.0 Å². The molecule has 0 spiro atoms. The number of carbonyl (C=O) groups excluding carboxylic acids is 1. The van der Waals surface area contributed by atoms with Crippen molar-refractivity contribution in [1.29, 1.82) is 0 Å². The molecule has 2 aliphatic rings. The first-order chi connectivity index (χ1) is 10.2. The van der Waals surface area contributed by atoms with Crippen molar-refractivity contribution in [2.45, 2.75) is 44.8 Å². The molecule has 1 saturated heterocycles. The smallest absolute Gasteiger partial charge is 0.227 e. The Morgan fingerprint density at radius 2 is 2.29 bits per heavy atom. The summed E-state index contributed by atoms with van der Waals surface area (Å²) in [6.45, 7) is 3.93. The minimum atomic E-state index is 0.206. The molecule has 1 aromatic rings. The minimum Gasteiger partial charge on any atom is -0.376 e. The molecule has 114 valence electrons. The van der Waals surface area contributed by atoms with Gasteiger partial charge in [0.25, 0.3) is 0 Å². The number of ether oxygens (including phenoxy) is 1. The molecular formula is C17H24N2O2. The van der Waals surface area contributed by atoms with E-state index in [0.29, 0.717) is 6.42 Å². The normalized spacial score (nSPS) is 23.2. The van der Waals surface area contributed by atoms with E-state index in [1.807, 2.05) is 7.05 Å². The molecule has 1 amide bonds. The van der Waals surface area contributed by atoms with E-state index in [0.717, 1.165) is 38.1 Å². The van der Waals surface area contributed by atoms with Gasteiger partial charge in [0, 0.05) is 25.8 Å². The summed E-state index contributed by atoms with van der Waals surface area (Å²) in [5.74, 6) is 0.206. The fourth-order valence-electron chi connectivity index (χ4n) is 3.42. The highest BCUT2D eigenvalue weighted by atomic mass is 16.5. The zero-order chi connectivity index (χ0) is 14.8. The third kappa shape index (κ3) is 2.83. The first-order valence-electron chi connectivity index (χ1n) is 7.95. The monoisotopic (exact) mass is 288 g/mol. The molecule has 2 heterocycles. The van der Waals surface area contributed by atoms with Crippen LogP contribution in [0.15, 0.2) is 18.2 Å². The van der Waals surface area contributed by atoms with Crippen molar-refractivity contribution in [2.75, 3.05) is 25.1 Å². The topological polar surface area (TPSA) is 41.6 Å². The van der Waals surface area contributed by atoms with Gasteiger partial charge in [-0.3, -0.25) is 4.79 Å². The number of likely N-dealkylation sites (N-methyl/N-ethyl adjacent to an activating group) is 1. The second-order valence-corrected chi connectivity index (χ2v) is 5.93. The SMILES string of the molecule is CCNC(c1ccc2c(c1)CCC(=O)N2C)C1CCCO1. The molecule has 4 heteroatoms. The lowest BCUT2D eigenvalue weighted by Gasteiger charge is -2.29. The quantitative estimate of drug-likeness (QED) is 0.925. The predicted molar refractivity (Wildman–Crippen MR) is 83.6 cm³/mol. The van der Waals surface area contributed by atoms with Gasteiger partial charge in [-0.25, -0.2) is 0 Å². The van der Waals surface area contributed by atoms with E-state index in [4.69, 9.17) is 4.74 Å². The van der Waals surface area contributed by atoms with E-state index < -0.39 is 0 Å². The number of aryl methyl sites for hydroxylation is 1. The molecule has 3 rings (SSSR count). The highest BCUT2D eigenvalue weighted by molar-refractivity contribution is 5.95. The zero-order valence-electron chi connectivity index (χ0n) is 12.9. The lowest BCUT2D eigenvalue weighted by atomic mass is 9.93. The summed E-state index contributed by atoms with van der Waals surface area (Å²) in [6.07, 6.45) is 3.99. The van der Waals surface area contributed by atoms with Crippen LogP contribution in [0.1, 0.15) is 43.4 Å². The molecular weight excluding hydrogens is 264 g/mol. The van der Waals surface area contributed by atoms with Gasteiger partial charge in [0.2, 0.25) is 5.91 Å². The van der Waals surface area contributed by atoms with Crippen molar-refractivity contribution < 1.29 is 9.53 Å². The maximum Gasteiger partial charge on any atom is 0.227 e. The van der Waals surface area contributed by atoms with Gasteiger partial charge >= 0.3 is 0 Å². The number of hydrogen-bond donors (Lipinski definition) is 1. The standard InChI is InChI=1S/C17H24N2O2/c1-3-18-17(15-5-4-10-21-15)13-6-8-14-12(11-13)7-9-16(20)19(14)2/h6,8,11,15,17-18H,3-5,7,9-10H2,1-2H3. The second-order valence-electron chi connectivity index (χ2n) is 5.93. The summed E-state index contributed by atoms with van der Waals surface area (Å²) in [6, 6.07) is 6.74. The number of anilines is 1. The summed E-state index contributed by atoms with van der Waals surface area (Å²) < 4.78 is 5.88. The fourth-order valence-corrected chi connectivity index (χ4v) is 3.42. The number of nitrogens with one attached hydrogen (secondary N) is 1. The number of nitrogens with zero attached hydrogens (tertiary/aromatic N) is 1. The van der Waals surface area contributed by atoms with Crippen LogP contribution in [0.4, 0.5) is 5.69 Å². The molecule has 0 aromatic heterocycles. The first-order valence-corrected chi connectivity index (χ1v) is 7.95. The van der Waals surface area contributed by atoms with Gasteiger partial charge in [0.05, 0.1) is 12.1 Å². The third-order valence-corrected chi connectivity index (χ3v) is 4.57. The van der Waals surface area contributed by atoms with Crippen LogP contribution in [0.3, 0.4) is 0 Å². The molecule has 4 nitrogen and oxygen atoms in total. The van der Waals surface area contributed by atoms with E-state index in [2.05, 4.69) is 30.4 Å². The van der Waals surface area contributed by atoms with Crippen LogP contribution >= 0.6 is 0 Å². The lowest BCUT2D eigenvalue weighted by Crippen LogP contribution is -2.33. The van der Waals surface area contributed by atoms with Crippen molar-refractivity contribution in [1.82, 2.24) is 5.32 Å². The second kappa shape index (κ2) is 6.16. The van der Waals surface area contributed by atoms with Crippen molar-refractivity contribution in [3.63, 3.8) is 0 Å². The van der Waals surface area contributed by atoms with Gasteiger partial charge < -0.3 is 15.0 Å². The Morgan fingerprint density at radius 3 is 3.00 bits per heavy atom. The van der Waals surface area contributed by atoms with Crippen molar-refractivity contribution in [2.24, 2.45) is 0 Å². The molecule has 0 radical (unpaired) electrons. The Bertz CT molecular complexity index is 524. The van der Waals surface area contributed by atoms with Gasteiger partial charge in [-0.15, -0.1) is 0 Å². The van der Waals surface area contributed by atoms with Gasteiger partial charge in [0.15, 0.2) is 0 Å². The molecule has 21 heavy (non-hydrogen) atoms. The zero-order valence-corrected chi connectivity index (χ0v) is 12.9. The molecule has 1 N–H and O–H groups in total. The first kappa shape index (κ1) is 14.5. The van der Waals surface area contributed by atoms with Crippen LogP contribution in [0.5, 0.6) is 0 Å². The van der Waals surface area contributed by atoms with Crippen LogP contribution < -0.4 is 10.2 Å². The Morgan fingerprint density at radius 1 is 1.43 bits per heavy atom. The van der Waals surface area contributed by atoms with E-state index in [9.17, 15) is 4.79 Å². The molecule has 2 atom stereocenters. The van der Waals surface area contributed by atoms with Crippen LogP contribution in [-0.4, -0.2) is 32.2 Å². The number of amides is 1. The van der Waals surface area contributed by atoms with Crippen molar-refractivity contribution in [3.8, 4) is 0 Å². The van der Waals surface area contributed by atoms with E-state index >= 15 is 0 Å².